The van der Waals surface area contributed by atoms with Crippen molar-refractivity contribution in [2.24, 2.45) is 0 Å². The van der Waals surface area contributed by atoms with Gasteiger partial charge in [-0.05, 0) is 223 Å². The third kappa shape index (κ3) is 80.9. The number of hydrogen-bond donors (Lipinski definition) is 12. The molecule has 0 saturated carbocycles. The molecule has 12 nitrogen and oxygen atoms in total. The molecule has 0 saturated heterocycles. The quantitative estimate of drug-likeness (QED) is 0.0200. The van der Waals surface area contributed by atoms with Crippen LogP contribution in [0.5, 0.6) is 0 Å². The molecule has 648 valence electrons. The highest BCUT2D eigenvalue weighted by Crippen LogP contribution is 2.02. The molecule has 6 aromatic rings. The molecule has 0 aliphatic carbocycles. The summed E-state index contributed by atoms with van der Waals surface area (Å²) in [5.41, 5.74) is 8.40. The lowest BCUT2D eigenvalue weighted by Crippen LogP contribution is -3.08. The summed E-state index contributed by atoms with van der Waals surface area (Å²) in [6.07, 6.45) is 5.11. The zero-order chi connectivity index (χ0) is 80.0. The van der Waals surface area contributed by atoms with Gasteiger partial charge < -0.3 is 58.8 Å². The fourth-order valence-corrected chi connectivity index (χ4v) is 9.88. The van der Waals surface area contributed by atoms with E-state index in [0.29, 0.717) is 0 Å². The highest BCUT2D eigenvalue weighted by molar-refractivity contribution is 5.31. The van der Waals surface area contributed by atoms with Gasteiger partial charge in [-0.2, -0.15) is 0 Å². The van der Waals surface area contributed by atoms with Crippen LogP contribution in [-0.4, -0.2) is 200 Å². The van der Waals surface area contributed by atoms with Crippen LogP contribution in [0, 0.1) is 0 Å². The van der Waals surface area contributed by atoms with Crippen LogP contribution >= 0.6 is 0 Å². The number of nitrogens with one attached hydrogen (secondary N) is 12. The molecular weight excluding hydrogens is 1350 g/mol. The summed E-state index contributed by atoms with van der Waals surface area (Å²) >= 11 is 0. The molecule has 6 aromatic carbocycles. The molecule has 5 atom stereocenters. The van der Waals surface area contributed by atoms with E-state index in [2.05, 4.69) is 385 Å². The van der Waals surface area contributed by atoms with Crippen LogP contribution in [0.3, 0.4) is 0 Å². The van der Waals surface area contributed by atoms with Gasteiger partial charge in [-0.15, -0.1) is 0 Å². The smallest absolute Gasteiger partial charge is 0.131 e. The third-order valence-electron chi connectivity index (χ3n) is 19.1. The first-order chi connectivity index (χ1) is 50.1. The van der Waals surface area contributed by atoms with Gasteiger partial charge in [-0.25, -0.2) is 0 Å². The maximum Gasteiger partial charge on any atom is 0.131 e. The Kier molecular flexibility index (Phi) is 119. The van der Waals surface area contributed by atoms with Crippen molar-refractivity contribution in [3.8, 4) is 0 Å². The van der Waals surface area contributed by atoms with E-state index in [9.17, 15) is 0 Å². The summed E-state index contributed by atoms with van der Waals surface area (Å²) in [7, 11) is 17.5. The number of para-hydroxylation sites is 6. The maximum absolute atomic E-state index is 2.23. The predicted octanol–water partition coefficient (Wildman–Crippen LogP) is 9.30. The first kappa shape index (κ1) is 131. The number of quaternary nitrogens is 12. The van der Waals surface area contributed by atoms with Gasteiger partial charge in [-0.1, -0.05) is 181 Å². The van der Waals surface area contributed by atoms with Crippen molar-refractivity contribution in [2.75, 3.05) is 200 Å². The van der Waals surface area contributed by atoms with E-state index in [1.165, 1.54) is 207 Å². The molecular formula is C98H208N12+12. The Morgan fingerprint density at radius 3 is 0.427 bits per heavy atom. The zero-order valence-corrected chi connectivity index (χ0v) is 74.7. The Hall–Kier alpha value is -5.16. The molecule has 12 N–H and O–H groups in total. The molecule has 0 heterocycles. The average Bonchev–Trinajstić information content (AvgIpc) is 0.951. The summed E-state index contributed by atoms with van der Waals surface area (Å²) < 4.78 is 0. The molecule has 0 aliphatic heterocycles. The second kappa shape index (κ2) is 99.9. The lowest BCUT2D eigenvalue weighted by molar-refractivity contribution is -0.877. The third-order valence-corrected chi connectivity index (χ3v) is 19.1. The molecule has 0 spiro atoms. The fraction of sp³-hybridized carbons (Fsp3) is 0.633. The average molecular weight is 1550 g/mol. The van der Waals surface area contributed by atoms with Crippen LogP contribution in [0.4, 0.5) is 34.1 Å². The number of benzene rings is 6. The van der Waals surface area contributed by atoms with E-state index in [1.807, 2.05) is 6.07 Å². The van der Waals surface area contributed by atoms with E-state index in [-0.39, 0.29) is 44.6 Å². The SMILES string of the molecule is C.C.C.C.C.C.CCC[NH+](C)CC.CCC[NH+](C)CC.CCC[NH+](CC)c1ccccc1.CCC[NH+](CC)c1ccccc1.CC[NH+](C)C.CC[NH+](C)CC.CC[NH+](C)CC.CC[NH+](C)CC.CC[NH+](C)c1ccccc1.CC[NH+](CC)c1ccccc1.CC[NH+](CC)c1ccccc1.CC[NH+](CC)c1ccccc1. The van der Waals surface area contributed by atoms with Crippen molar-refractivity contribution in [2.45, 2.75) is 223 Å². The van der Waals surface area contributed by atoms with Gasteiger partial charge in [0, 0.05) is 0 Å². The molecule has 12 heteroatoms. The minimum absolute atomic E-state index is 0. The van der Waals surface area contributed by atoms with Crippen LogP contribution < -0.4 is 58.8 Å². The van der Waals surface area contributed by atoms with Crippen molar-refractivity contribution in [1.82, 2.24) is 0 Å². The highest BCUT2D eigenvalue weighted by Gasteiger charge is 2.09. The van der Waals surface area contributed by atoms with Gasteiger partial charge in [-0.3, -0.25) is 0 Å². The Labute approximate surface area is 694 Å². The largest absolute Gasteiger partial charge is 0.340 e. The Morgan fingerprint density at radius 1 is 0.164 bits per heavy atom. The fourth-order valence-electron chi connectivity index (χ4n) is 9.88. The van der Waals surface area contributed by atoms with Gasteiger partial charge in [0.15, 0.2) is 0 Å². The second-order valence-electron chi connectivity index (χ2n) is 27.4. The molecule has 0 aliphatic rings. The summed E-state index contributed by atoms with van der Waals surface area (Å²) in [6, 6.07) is 63.8. The summed E-state index contributed by atoms with van der Waals surface area (Å²) in [4.78, 5) is 18.8. The summed E-state index contributed by atoms with van der Waals surface area (Å²) in [6.45, 7) is 75.4. The maximum atomic E-state index is 2.23. The molecule has 0 fully saturated rings. The van der Waals surface area contributed by atoms with Gasteiger partial charge in [0.05, 0.1) is 200 Å². The summed E-state index contributed by atoms with van der Waals surface area (Å²) in [5, 5.41) is 0. The van der Waals surface area contributed by atoms with Gasteiger partial charge in [0.1, 0.15) is 34.1 Å². The minimum atomic E-state index is 0. The standard InChI is InChI=1S/2C11H17N.3C10H15N.C9H13N.2C6H15N.3C5H13N.C4H11N.6CH4/c2*1-3-10-12(4-2)11-8-6-5-7-9-11;3*1-3-11(4-2)10-8-6-5-7-9-10;1-3-10(2)9-7-5-4-6-8-9;2*1-4-6-7(3)5-2;3*1-4-6(3)5-2;1-4-5(2)3;;;;;;/h2*5-9H,3-4,10H2,1-2H3;3*5-9H,3-4H2,1-2H3;4-8H,3H2,1-2H3;2*4-6H2,1-3H3;3*4-5H2,1-3H3;4H2,1-3H3;6*1H4/p+12. The van der Waals surface area contributed by atoms with E-state index in [1.54, 1.807) is 49.0 Å². The van der Waals surface area contributed by atoms with Gasteiger partial charge in [0.25, 0.3) is 0 Å². The van der Waals surface area contributed by atoms with Crippen LogP contribution in [0.2, 0.25) is 0 Å². The lowest BCUT2D eigenvalue weighted by atomic mass is 10.3. The normalized spacial score (nSPS) is 11.0. The minimum Gasteiger partial charge on any atom is -0.340 e. The Morgan fingerprint density at radius 2 is 0.318 bits per heavy atom. The van der Waals surface area contributed by atoms with Gasteiger partial charge >= 0.3 is 0 Å². The molecule has 6 rings (SSSR count). The van der Waals surface area contributed by atoms with E-state index < -0.39 is 0 Å². The van der Waals surface area contributed by atoms with E-state index in [0.717, 1.165) is 6.54 Å². The second-order valence-corrected chi connectivity index (χ2v) is 27.4. The molecule has 110 heavy (non-hydrogen) atoms. The van der Waals surface area contributed by atoms with Crippen molar-refractivity contribution in [3.05, 3.63) is 182 Å². The first-order valence-corrected chi connectivity index (χ1v) is 42.3. The van der Waals surface area contributed by atoms with Crippen molar-refractivity contribution < 1.29 is 58.8 Å². The van der Waals surface area contributed by atoms with Crippen LogP contribution in [0.25, 0.3) is 0 Å². The first-order valence-electron chi connectivity index (χ1n) is 42.3. The molecule has 5 unspecified atom stereocenters. The summed E-state index contributed by atoms with van der Waals surface area (Å²) in [5.74, 6) is 0. The van der Waals surface area contributed by atoms with Gasteiger partial charge in [0.2, 0.25) is 0 Å². The van der Waals surface area contributed by atoms with Crippen LogP contribution in [-0.2, 0) is 0 Å². The predicted molar refractivity (Wildman–Crippen MR) is 506 cm³/mol. The topological polar surface area (TPSA) is 53.3 Å². The Bertz CT molecular complexity index is 2260. The van der Waals surface area contributed by atoms with E-state index >= 15 is 0 Å². The van der Waals surface area contributed by atoms with Crippen LogP contribution in [0.15, 0.2) is 182 Å². The zero-order valence-electron chi connectivity index (χ0n) is 74.7. The molecule has 0 aromatic heterocycles. The number of rotatable bonds is 32. The van der Waals surface area contributed by atoms with Crippen molar-refractivity contribution in [3.63, 3.8) is 0 Å². The number of hydrogen-bond acceptors (Lipinski definition) is 0. The Balaban J connectivity index is -0.0000000958. The van der Waals surface area contributed by atoms with Crippen molar-refractivity contribution in [1.29, 1.82) is 0 Å². The lowest BCUT2D eigenvalue weighted by Gasteiger charge is -2.15. The molecule has 0 amide bonds. The monoisotopic (exact) mass is 1550 g/mol. The highest BCUT2D eigenvalue weighted by atomic mass is 15.1. The van der Waals surface area contributed by atoms with Crippen LogP contribution in [0.1, 0.15) is 223 Å². The van der Waals surface area contributed by atoms with E-state index in [4.69, 9.17) is 0 Å². The molecule has 0 bridgehead atoms. The van der Waals surface area contributed by atoms with Crippen molar-refractivity contribution >= 4 is 34.1 Å². The molecule has 0 radical (unpaired) electrons.